The number of ketones is 1. The number of nitrogens with zero attached hydrogens (tertiary/aromatic N) is 2. The first-order valence-corrected chi connectivity index (χ1v) is 10.9. The van der Waals surface area contributed by atoms with E-state index in [0.717, 1.165) is 5.56 Å². The van der Waals surface area contributed by atoms with Gasteiger partial charge in [-0.15, -0.1) is 0 Å². The van der Waals surface area contributed by atoms with Crippen LogP contribution >= 0.6 is 0 Å². The molecule has 3 heterocycles. The van der Waals surface area contributed by atoms with Crippen LogP contribution in [0.2, 0.25) is 0 Å². The third kappa shape index (κ3) is 4.01. The minimum Gasteiger partial charge on any atom is -0.507 e. The Morgan fingerprint density at radius 3 is 2.54 bits per heavy atom. The third-order valence-corrected chi connectivity index (χ3v) is 5.98. The summed E-state index contributed by atoms with van der Waals surface area (Å²) in [6, 6.07) is 11.9. The smallest absolute Gasteiger partial charge is 0.295 e. The summed E-state index contributed by atoms with van der Waals surface area (Å²) in [7, 11) is 1.40. The summed E-state index contributed by atoms with van der Waals surface area (Å²) in [5.74, 6) is -0.846. The van der Waals surface area contributed by atoms with Gasteiger partial charge in [0.15, 0.2) is 23.0 Å². The predicted molar refractivity (Wildman–Crippen MR) is 124 cm³/mol. The van der Waals surface area contributed by atoms with E-state index >= 15 is 0 Å². The Morgan fingerprint density at radius 1 is 1.06 bits per heavy atom. The van der Waals surface area contributed by atoms with Crippen LogP contribution in [0.15, 0.2) is 66.5 Å². The van der Waals surface area contributed by atoms with Crippen molar-refractivity contribution in [2.75, 3.05) is 20.3 Å². The second-order valence-electron chi connectivity index (χ2n) is 8.07. The number of hydrogen-bond acceptors (Lipinski definition) is 8. The van der Waals surface area contributed by atoms with Crippen LogP contribution in [0.3, 0.4) is 0 Å². The van der Waals surface area contributed by atoms with Gasteiger partial charge in [-0.05, 0) is 53.6 Å². The Hall–Kier alpha value is -4.53. The molecule has 9 nitrogen and oxygen atoms in total. The summed E-state index contributed by atoms with van der Waals surface area (Å²) in [4.78, 5) is 31.8. The summed E-state index contributed by atoms with van der Waals surface area (Å²) in [5, 5.41) is 21.4. The van der Waals surface area contributed by atoms with Crippen LogP contribution in [0.5, 0.6) is 23.0 Å². The Kier molecular flexibility index (Phi) is 5.74. The maximum absolute atomic E-state index is 13.3. The first-order chi connectivity index (χ1) is 17.0. The number of pyridine rings is 1. The Balaban J connectivity index is 1.65. The molecule has 178 valence electrons. The van der Waals surface area contributed by atoms with Crippen molar-refractivity contribution < 1.29 is 34.0 Å². The molecule has 9 heteroatoms. The highest BCUT2D eigenvalue weighted by molar-refractivity contribution is 6.46. The maximum Gasteiger partial charge on any atom is 0.295 e. The van der Waals surface area contributed by atoms with Crippen LogP contribution < -0.4 is 14.2 Å². The number of phenolic OH excluding ortho intramolecular Hbond substituents is 1. The number of aromatic hydroxyl groups is 1. The van der Waals surface area contributed by atoms with Gasteiger partial charge in [0, 0.05) is 24.5 Å². The molecule has 0 radical (unpaired) electrons. The molecular weight excluding hydrogens is 452 g/mol. The van der Waals surface area contributed by atoms with Gasteiger partial charge in [-0.25, -0.2) is 0 Å². The number of benzene rings is 2. The molecule has 2 N–H and O–H groups in total. The van der Waals surface area contributed by atoms with Crippen molar-refractivity contribution in [2.24, 2.45) is 0 Å². The largest absolute Gasteiger partial charge is 0.507 e. The predicted octanol–water partition coefficient (Wildman–Crippen LogP) is 3.19. The first kappa shape index (κ1) is 22.3. The van der Waals surface area contributed by atoms with Crippen molar-refractivity contribution >= 4 is 17.4 Å². The molecule has 1 saturated heterocycles. The fourth-order valence-corrected chi connectivity index (χ4v) is 4.28. The van der Waals surface area contributed by atoms with Crippen molar-refractivity contribution in [3.05, 3.63) is 83.2 Å². The summed E-state index contributed by atoms with van der Waals surface area (Å²) in [6.45, 7) is 0.890. The van der Waals surface area contributed by atoms with Crippen LogP contribution in [0.1, 0.15) is 22.7 Å². The lowest BCUT2D eigenvalue weighted by Crippen LogP contribution is -2.29. The highest BCUT2D eigenvalue weighted by Gasteiger charge is 2.46. The van der Waals surface area contributed by atoms with E-state index in [1.807, 2.05) is 0 Å². The lowest BCUT2D eigenvalue weighted by Gasteiger charge is -2.26. The first-order valence-electron chi connectivity index (χ1n) is 10.9. The minimum atomic E-state index is -0.925. The van der Waals surface area contributed by atoms with Gasteiger partial charge < -0.3 is 29.3 Å². The number of aromatic nitrogens is 1. The van der Waals surface area contributed by atoms with Gasteiger partial charge >= 0.3 is 0 Å². The maximum atomic E-state index is 13.3. The zero-order valence-corrected chi connectivity index (χ0v) is 18.8. The van der Waals surface area contributed by atoms with E-state index < -0.39 is 17.7 Å². The quantitative estimate of drug-likeness (QED) is 0.329. The number of rotatable bonds is 5. The lowest BCUT2D eigenvalue weighted by atomic mass is 9.94. The van der Waals surface area contributed by atoms with Crippen molar-refractivity contribution in [1.82, 2.24) is 9.88 Å². The van der Waals surface area contributed by atoms with Gasteiger partial charge in [0.1, 0.15) is 19.0 Å². The van der Waals surface area contributed by atoms with Crippen LogP contribution in [-0.2, 0) is 16.1 Å². The number of aliphatic hydroxyl groups is 1. The minimum absolute atomic E-state index is 0.0755. The normalized spacial score (nSPS) is 18.5. The Labute approximate surface area is 200 Å². The summed E-state index contributed by atoms with van der Waals surface area (Å²) in [5.41, 5.74) is 1.49. The van der Waals surface area contributed by atoms with Crippen LogP contribution in [0.25, 0.3) is 5.76 Å². The van der Waals surface area contributed by atoms with Crippen LogP contribution in [0, 0.1) is 0 Å². The second-order valence-corrected chi connectivity index (χ2v) is 8.07. The van der Waals surface area contributed by atoms with Crippen LogP contribution in [-0.4, -0.2) is 52.1 Å². The number of Topliss-reactive ketones (excluding diaryl/α,β-unsaturated/α-hetero) is 1. The summed E-state index contributed by atoms with van der Waals surface area (Å²) >= 11 is 0. The lowest BCUT2D eigenvalue weighted by molar-refractivity contribution is -0.140. The number of fused-ring (bicyclic) bond motifs is 1. The number of amides is 1. The zero-order chi connectivity index (χ0) is 24.5. The fraction of sp³-hybridized carbons (Fsp3) is 0.192. The molecular formula is C26H22N2O7. The molecule has 2 aliphatic heterocycles. The summed E-state index contributed by atoms with van der Waals surface area (Å²) in [6.07, 6.45) is 3.19. The number of phenols is 1. The standard InChI is InChI=1S/C26H22N2O7/c1-33-20-12-16(2-4-18(20)29)23-22(24(30)17-3-5-19-21(13-17)35-11-10-34-19)25(31)26(32)28(23)14-15-6-8-27-9-7-15/h2-9,12-13,23,29-30H,10-11,14H2,1H3/b24-22+. The molecule has 2 aromatic carbocycles. The molecule has 5 rings (SSSR count). The zero-order valence-electron chi connectivity index (χ0n) is 18.8. The van der Waals surface area contributed by atoms with Gasteiger partial charge in [0.25, 0.3) is 11.7 Å². The summed E-state index contributed by atoms with van der Waals surface area (Å²) < 4.78 is 16.4. The van der Waals surface area contributed by atoms with Crippen molar-refractivity contribution in [2.45, 2.75) is 12.6 Å². The van der Waals surface area contributed by atoms with E-state index in [0.29, 0.717) is 35.8 Å². The number of likely N-dealkylation sites (tertiary alicyclic amines) is 1. The van der Waals surface area contributed by atoms with Crippen molar-refractivity contribution in [3.8, 4) is 23.0 Å². The molecule has 1 unspecified atom stereocenters. The Bertz CT molecular complexity index is 1340. The monoisotopic (exact) mass is 474 g/mol. The van der Waals surface area contributed by atoms with Gasteiger partial charge in [0.2, 0.25) is 0 Å². The van der Waals surface area contributed by atoms with E-state index in [-0.39, 0.29) is 29.4 Å². The third-order valence-electron chi connectivity index (χ3n) is 5.98. The highest BCUT2D eigenvalue weighted by atomic mass is 16.6. The van der Waals surface area contributed by atoms with E-state index in [2.05, 4.69) is 4.98 Å². The van der Waals surface area contributed by atoms with Gasteiger partial charge in [-0.3, -0.25) is 14.6 Å². The fourth-order valence-electron chi connectivity index (χ4n) is 4.28. The number of hydrogen-bond donors (Lipinski definition) is 2. The second kappa shape index (κ2) is 9.02. The topological polar surface area (TPSA) is 118 Å². The molecule has 0 saturated carbocycles. The molecule has 0 spiro atoms. The SMILES string of the molecule is COc1cc(C2/C(=C(\O)c3ccc4c(c3)OCCO4)C(=O)C(=O)N2Cc2ccncc2)ccc1O. The molecule has 1 atom stereocenters. The average Bonchev–Trinajstić information content (AvgIpc) is 3.14. The van der Waals surface area contributed by atoms with E-state index in [1.165, 1.54) is 18.1 Å². The molecule has 35 heavy (non-hydrogen) atoms. The molecule has 2 aliphatic rings. The number of ether oxygens (including phenoxy) is 3. The molecule has 3 aromatic rings. The van der Waals surface area contributed by atoms with E-state index in [1.54, 1.807) is 54.9 Å². The number of aliphatic hydroxyl groups excluding tert-OH is 1. The molecule has 0 aliphatic carbocycles. The number of carbonyl (C=O) groups excluding carboxylic acids is 2. The van der Waals surface area contributed by atoms with Crippen LogP contribution in [0.4, 0.5) is 0 Å². The highest BCUT2D eigenvalue weighted by Crippen LogP contribution is 2.43. The van der Waals surface area contributed by atoms with Gasteiger partial charge in [0.05, 0.1) is 18.7 Å². The molecule has 1 aromatic heterocycles. The molecule has 0 bridgehead atoms. The van der Waals surface area contributed by atoms with Crippen molar-refractivity contribution in [3.63, 3.8) is 0 Å². The number of carbonyl (C=O) groups is 2. The average molecular weight is 474 g/mol. The van der Waals surface area contributed by atoms with E-state index in [4.69, 9.17) is 14.2 Å². The number of methoxy groups -OCH3 is 1. The van der Waals surface area contributed by atoms with E-state index in [9.17, 15) is 19.8 Å². The van der Waals surface area contributed by atoms with Crippen molar-refractivity contribution in [1.29, 1.82) is 0 Å². The molecule has 1 fully saturated rings. The Morgan fingerprint density at radius 2 is 1.80 bits per heavy atom. The van der Waals surface area contributed by atoms with Gasteiger partial charge in [-0.1, -0.05) is 6.07 Å². The van der Waals surface area contributed by atoms with Gasteiger partial charge in [-0.2, -0.15) is 0 Å². The molecule has 1 amide bonds.